The molecule has 2 nitrogen and oxygen atoms in total. The summed E-state index contributed by atoms with van der Waals surface area (Å²) < 4.78 is 0.501. The van der Waals surface area contributed by atoms with Gasteiger partial charge in [0.1, 0.15) is 10.7 Å². The first-order valence-corrected chi connectivity index (χ1v) is 6.27. The van der Waals surface area contributed by atoms with Crippen LogP contribution in [-0.4, -0.2) is 4.98 Å². The van der Waals surface area contributed by atoms with Crippen LogP contribution >= 0.6 is 12.2 Å². The van der Waals surface area contributed by atoms with Gasteiger partial charge in [-0.2, -0.15) is 5.26 Å². The van der Waals surface area contributed by atoms with E-state index in [4.69, 9.17) is 17.5 Å². The lowest BCUT2D eigenvalue weighted by molar-refractivity contribution is 0.859. The van der Waals surface area contributed by atoms with Crippen molar-refractivity contribution >= 4 is 12.2 Å². The second kappa shape index (κ2) is 5.16. The molecular formula is C15H14N2S. The zero-order valence-electron chi connectivity index (χ0n) is 10.4. The Kier molecular flexibility index (Phi) is 3.59. The highest BCUT2D eigenvalue weighted by atomic mass is 32.1. The highest BCUT2D eigenvalue weighted by Gasteiger charge is 2.11. The third-order valence-corrected chi connectivity index (χ3v) is 3.20. The van der Waals surface area contributed by atoms with Crippen LogP contribution in [0.1, 0.15) is 30.9 Å². The average molecular weight is 254 g/mol. The molecule has 1 heterocycles. The van der Waals surface area contributed by atoms with Crippen molar-refractivity contribution in [2.75, 3.05) is 0 Å². The van der Waals surface area contributed by atoms with Crippen molar-refractivity contribution in [1.82, 2.24) is 4.98 Å². The van der Waals surface area contributed by atoms with Crippen molar-refractivity contribution in [1.29, 1.82) is 5.26 Å². The molecule has 1 N–H and O–H groups in total. The molecule has 0 amide bonds. The Labute approximate surface area is 112 Å². The predicted octanol–water partition coefficient (Wildman–Crippen LogP) is 4.41. The normalized spacial score (nSPS) is 10.3. The Morgan fingerprint density at radius 2 is 1.89 bits per heavy atom. The van der Waals surface area contributed by atoms with Crippen LogP contribution in [0.5, 0.6) is 0 Å². The molecule has 0 atom stereocenters. The fraction of sp³-hybridized carbons (Fsp3) is 0.200. The summed E-state index contributed by atoms with van der Waals surface area (Å²) in [5.74, 6) is 0.333. The van der Waals surface area contributed by atoms with Gasteiger partial charge in [0.05, 0.1) is 5.56 Å². The monoisotopic (exact) mass is 254 g/mol. The maximum absolute atomic E-state index is 9.05. The van der Waals surface area contributed by atoms with Crippen LogP contribution in [0.25, 0.3) is 11.3 Å². The van der Waals surface area contributed by atoms with E-state index in [2.05, 4.69) is 24.9 Å². The molecular weight excluding hydrogens is 240 g/mol. The first kappa shape index (κ1) is 12.5. The van der Waals surface area contributed by atoms with E-state index in [1.165, 1.54) is 0 Å². The number of nitriles is 1. The maximum atomic E-state index is 9.05. The minimum Gasteiger partial charge on any atom is -0.345 e. The Balaban J connectivity index is 2.71. The van der Waals surface area contributed by atoms with Gasteiger partial charge in [0.25, 0.3) is 0 Å². The summed E-state index contributed by atoms with van der Waals surface area (Å²) >= 11 is 5.21. The molecule has 0 aliphatic carbocycles. The summed E-state index contributed by atoms with van der Waals surface area (Å²) in [6.07, 6.45) is 0. The number of benzene rings is 1. The van der Waals surface area contributed by atoms with Gasteiger partial charge in [0, 0.05) is 5.69 Å². The average Bonchev–Trinajstić information content (AvgIpc) is 2.39. The minimum absolute atomic E-state index is 0.333. The lowest BCUT2D eigenvalue weighted by atomic mass is 9.96. The number of aromatic amines is 1. The van der Waals surface area contributed by atoms with Crippen molar-refractivity contribution in [2.45, 2.75) is 19.8 Å². The van der Waals surface area contributed by atoms with E-state index in [9.17, 15) is 0 Å². The fourth-order valence-corrected chi connectivity index (χ4v) is 2.13. The van der Waals surface area contributed by atoms with Gasteiger partial charge in [-0.05, 0) is 23.1 Å². The van der Waals surface area contributed by atoms with Crippen LogP contribution in [0.4, 0.5) is 0 Å². The summed E-state index contributed by atoms with van der Waals surface area (Å²) in [6, 6.07) is 14.1. The van der Waals surface area contributed by atoms with Crippen molar-refractivity contribution in [3.63, 3.8) is 0 Å². The third kappa shape index (κ3) is 2.34. The van der Waals surface area contributed by atoms with Gasteiger partial charge in [-0.25, -0.2) is 0 Å². The van der Waals surface area contributed by atoms with Gasteiger partial charge >= 0.3 is 0 Å². The molecule has 0 saturated carbocycles. The van der Waals surface area contributed by atoms with E-state index >= 15 is 0 Å². The van der Waals surface area contributed by atoms with Gasteiger partial charge < -0.3 is 4.98 Å². The first-order valence-electron chi connectivity index (χ1n) is 5.86. The summed E-state index contributed by atoms with van der Waals surface area (Å²) in [7, 11) is 0. The molecule has 0 bridgehead atoms. The fourth-order valence-electron chi connectivity index (χ4n) is 1.93. The second-order valence-corrected chi connectivity index (χ2v) is 4.88. The van der Waals surface area contributed by atoms with Crippen LogP contribution in [0.3, 0.4) is 0 Å². The van der Waals surface area contributed by atoms with Crippen molar-refractivity contribution in [3.05, 3.63) is 52.2 Å². The summed E-state index contributed by atoms with van der Waals surface area (Å²) in [4.78, 5) is 3.19. The molecule has 0 unspecified atom stereocenters. The number of hydrogen-bond acceptors (Lipinski definition) is 2. The number of nitrogens with one attached hydrogen (secondary N) is 1. The highest BCUT2D eigenvalue weighted by Crippen LogP contribution is 2.28. The van der Waals surface area contributed by atoms with Crippen LogP contribution in [0.15, 0.2) is 36.4 Å². The molecule has 0 fully saturated rings. The van der Waals surface area contributed by atoms with E-state index in [1.807, 2.05) is 36.4 Å². The third-order valence-electron chi connectivity index (χ3n) is 2.88. The largest absolute Gasteiger partial charge is 0.345 e. The van der Waals surface area contributed by atoms with E-state index in [-0.39, 0.29) is 0 Å². The molecule has 2 aromatic rings. The number of aromatic nitrogens is 1. The van der Waals surface area contributed by atoms with Gasteiger partial charge in [0.2, 0.25) is 0 Å². The lowest BCUT2D eigenvalue weighted by Gasteiger charge is -2.13. The highest BCUT2D eigenvalue weighted by molar-refractivity contribution is 7.71. The number of nitrogens with zero attached hydrogens (tertiary/aromatic N) is 1. The van der Waals surface area contributed by atoms with Crippen molar-refractivity contribution < 1.29 is 0 Å². The van der Waals surface area contributed by atoms with Crippen LogP contribution < -0.4 is 0 Å². The molecule has 90 valence electrons. The van der Waals surface area contributed by atoms with E-state index in [0.717, 1.165) is 16.8 Å². The van der Waals surface area contributed by atoms with Gasteiger partial charge in [-0.15, -0.1) is 0 Å². The van der Waals surface area contributed by atoms with Crippen molar-refractivity contribution in [3.8, 4) is 17.3 Å². The number of rotatable bonds is 2. The Bertz CT molecular complexity index is 648. The Hall–Kier alpha value is -1.92. The molecule has 1 aromatic heterocycles. The van der Waals surface area contributed by atoms with Gasteiger partial charge in [-0.3, -0.25) is 0 Å². The topological polar surface area (TPSA) is 39.6 Å². The van der Waals surface area contributed by atoms with Gasteiger partial charge in [-0.1, -0.05) is 56.4 Å². The van der Waals surface area contributed by atoms with E-state index in [1.54, 1.807) is 0 Å². The number of H-pyrrole nitrogens is 1. The van der Waals surface area contributed by atoms with Crippen LogP contribution in [0.2, 0.25) is 0 Å². The summed E-state index contributed by atoms with van der Waals surface area (Å²) in [6.45, 7) is 4.22. The first-order chi connectivity index (χ1) is 8.63. The predicted molar refractivity (Wildman–Crippen MR) is 75.9 cm³/mol. The molecule has 2 rings (SSSR count). The minimum atomic E-state index is 0.333. The zero-order chi connectivity index (χ0) is 13.1. The standard InChI is InChI=1S/C15H14N2S/c1-10(2)13-8-12(9-16)15(18)17-14(13)11-6-4-3-5-7-11/h3-8,10H,1-2H3,(H,17,18). The van der Waals surface area contributed by atoms with Gasteiger partial charge in [0.15, 0.2) is 0 Å². The van der Waals surface area contributed by atoms with E-state index < -0.39 is 0 Å². The molecule has 0 radical (unpaired) electrons. The summed E-state index contributed by atoms with van der Waals surface area (Å²) in [5.41, 5.74) is 3.76. The Morgan fingerprint density at radius 3 is 2.44 bits per heavy atom. The quantitative estimate of drug-likeness (QED) is 0.806. The molecule has 0 spiro atoms. The molecule has 0 saturated heterocycles. The molecule has 18 heavy (non-hydrogen) atoms. The zero-order valence-corrected chi connectivity index (χ0v) is 11.2. The number of hydrogen-bond donors (Lipinski definition) is 1. The summed E-state index contributed by atoms with van der Waals surface area (Å²) in [5, 5.41) is 9.05. The van der Waals surface area contributed by atoms with E-state index in [0.29, 0.717) is 16.1 Å². The van der Waals surface area contributed by atoms with Crippen LogP contribution in [-0.2, 0) is 0 Å². The lowest BCUT2D eigenvalue weighted by Crippen LogP contribution is -1.98. The second-order valence-electron chi connectivity index (χ2n) is 4.48. The SMILES string of the molecule is CC(C)c1cc(C#N)c(=S)[nH]c1-c1ccccc1. The maximum Gasteiger partial charge on any atom is 0.121 e. The molecule has 0 aliphatic rings. The smallest absolute Gasteiger partial charge is 0.121 e. The Morgan fingerprint density at radius 1 is 1.22 bits per heavy atom. The van der Waals surface area contributed by atoms with Crippen molar-refractivity contribution in [2.24, 2.45) is 0 Å². The number of pyridine rings is 1. The molecule has 1 aromatic carbocycles. The van der Waals surface area contributed by atoms with Crippen LogP contribution in [0, 0.1) is 16.0 Å². The molecule has 0 aliphatic heterocycles. The molecule has 3 heteroatoms.